The Labute approximate surface area is 119 Å². The predicted molar refractivity (Wildman–Crippen MR) is 74.7 cm³/mol. The minimum atomic E-state index is -0.674. The highest BCUT2D eigenvalue weighted by atomic mass is 16.5. The van der Waals surface area contributed by atoms with E-state index in [4.69, 9.17) is 9.84 Å². The van der Waals surface area contributed by atoms with E-state index in [1.807, 2.05) is 14.0 Å². The lowest BCUT2D eigenvalue weighted by Crippen LogP contribution is -2.42. The molecule has 0 saturated carbocycles. The van der Waals surface area contributed by atoms with E-state index in [1.54, 1.807) is 11.8 Å². The summed E-state index contributed by atoms with van der Waals surface area (Å²) in [5, 5.41) is 13.5. The molecule has 2 atom stereocenters. The number of piperidine rings is 1. The summed E-state index contributed by atoms with van der Waals surface area (Å²) in [5.41, 5.74) is 2.06. The minimum absolute atomic E-state index is 0.210. The number of aliphatic carboxylic acids is 1. The van der Waals surface area contributed by atoms with Crippen molar-refractivity contribution in [3.8, 4) is 5.88 Å². The summed E-state index contributed by atoms with van der Waals surface area (Å²) in [6, 6.07) is 0.258. The zero-order chi connectivity index (χ0) is 14.9. The molecule has 1 N–H and O–H groups in total. The molecule has 0 aliphatic carbocycles. The van der Waals surface area contributed by atoms with Crippen molar-refractivity contribution >= 4 is 5.97 Å². The molecule has 2 unspecified atom stereocenters. The monoisotopic (exact) mass is 281 g/mol. The second-order valence-electron chi connectivity index (χ2n) is 5.58. The number of aromatic nitrogens is 2. The van der Waals surface area contributed by atoms with Crippen molar-refractivity contribution in [2.75, 3.05) is 13.7 Å². The van der Waals surface area contributed by atoms with E-state index in [2.05, 4.69) is 16.9 Å². The van der Waals surface area contributed by atoms with Gasteiger partial charge in [-0.2, -0.15) is 5.10 Å². The van der Waals surface area contributed by atoms with E-state index < -0.39 is 5.97 Å². The van der Waals surface area contributed by atoms with Gasteiger partial charge < -0.3 is 9.84 Å². The van der Waals surface area contributed by atoms with Crippen LogP contribution in [0.1, 0.15) is 31.0 Å². The summed E-state index contributed by atoms with van der Waals surface area (Å²) in [7, 11) is 3.52. The molecule has 20 heavy (non-hydrogen) atoms. The number of rotatable bonds is 4. The molecular formula is C14H23N3O3. The molecule has 0 amide bonds. The lowest BCUT2D eigenvalue weighted by Gasteiger charge is -2.36. The number of carbonyl (C=O) groups is 1. The average Bonchev–Trinajstić information content (AvgIpc) is 2.65. The normalized spacial score (nSPS) is 23.8. The van der Waals surface area contributed by atoms with Gasteiger partial charge in [-0.3, -0.25) is 9.69 Å². The smallest absolute Gasteiger partial charge is 0.306 e. The molecule has 6 nitrogen and oxygen atoms in total. The number of methoxy groups -OCH3 is 1. The molecule has 1 aromatic heterocycles. The Morgan fingerprint density at radius 1 is 1.55 bits per heavy atom. The van der Waals surface area contributed by atoms with Gasteiger partial charge in [-0.1, -0.05) is 0 Å². The van der Waals surface area contributed by atoms with Crippen LogP contribution in [0.4, 0.5) is 0 Å². The molecule has 1 saturated heterocycles. The van der Waals surface area contributed by atoms with Gasteiger partial charge in [0.25, 0.3) is 0 Å². The highest BCUT2D eigenvalue weighted by molar-refractivity contribution is 5.70. The molecule has 0 spiro atoms. The Morgan fingerprint density at radius 3 is 2.80 bits per heavy atom. The number of aryl methyl sites for hydroxylation is 2. The van der Waals surface area contributed by atoms with Crippen LogP contribution < -0.4 is 4.74 Å². The van der Waals surface area contributed by atoms with Crippen LogP contribution in [0.25, 0.3) is 0 Å². The first kappa shape index (κ1) is 14.8. The molecule has 1 aliphatic rings. The van der Waals surface area contributed by atoms with Gasteiger partial charge in [0.15, 0.2) is 0 Å². The van der Waals surface area contributed by atoms with Gasteiger partial charge in [-0.25, -0.2) is 4.68 Å². The molecule has 0 aromatic carbocycles. The van der Waals surface area contributed by atoms with Crippen molar-refractivity contribution in [2.24, 2.45) is 13.0 Å². The fraction of sp³-hybridized carbons (Fsp3) is 0.714. The summed E-state index contributed by atoms with van der Waals surface area (Å²) in [4.78, 5) is 13.4. The van der Waals surface area contributed by atoms with Gasteiger partial charge in [0.1, 0.15) is 0 Å². The molecule has 6 heteroatoms. The molecule has 112 valence electrons. The van der Waals surface area contributed by atoms with Crippen molar-refractivity contribution in [2.45, 2.75) is 39.3 Å². The summed E-state index contributed by atoms with van der Waals surface area (Å²) in [6.45, 7) is 5.63. The number of hydrogen-bond donors (Lipinski definition) is 1. The van der Waals surface area contributed by atoms with Crippen LogP contribution in [0, 0.1) is 12.8 Å². The first-order chi connectivity index (χ1) is 9.43. The van der Waals surface area contributed by atoms with Crippen molar-refractivity contribution in [1.82, 2.24) is 14.7 Å². The summed E-state index contributed by atoms with van der Waals surface area (Å²) >= 11 is 0. The van der Waals surface area contributed by atoms with Crippen molar-refractivity contribution in [3.05, 3.63) is 11.3 Å². The van der Waals surface area contributed by atoms with Gasteiger partial charge in [-0.15, -0.1) is 0 Å². The molecule has 0 bridgehead atoms. The summed E-state index contributed by atoms with van der Waals surface area (Å²) < 4.78 is 7.16. The molecular weight excluding hydrogens is 258 g/mol. The third-order valence-electron chi connectivity index (χ3n) is 4.21. The maximum atomic E-state index is 11.1. The van der Waals surface area contributed by atoms with E-state index >= 15 is 0 Å². The number of nitrogens with zero attached hydrogens (tertiary/aromatic N) is 3. The van der Waals surface area contributed by atoms with Crippen molar-refractivity contribution in [3.63, 3.8) is 0 Å². The van der Waals surface area contributed by atoms with Crippen LogP contribution >= 0.6 is 0 Å². The van der Waals surface area contributed by atoms with Gasteiger partial charge in [-0.05, 0) is 33.2 Å². The quantitative estimate of drug-likeness (QED) is 0.904. The lowest BCUT2D eigenvalue weighted by molar-refractivity contribution is -0.144. The topological polar surface area (TPSA) is 67.6 Å². The Kier molecular flexibility index (Phi) is 4.32. The predicted octanol–water partition coefficient (Wildman–Crippen LogP) is 1.42. The number of hydrogen-bond acceptors (Lipinski definition) is 4. The molecule has 1 fully saturated rings. The first-order valence-corrected chi connectivity index (χ1v) is 6.97. The molecule has 1 aliphatic heterocycles. The maximum Gasteiger partial charge on any atom is 0.306 e. The van der Waals surface area contributed by atoms with Crippen LogP contribution in [0.15, 0.2) is 0 Å². The van der Waals surface area contributed by atoms with E-state index in [1.165, 1.54) is 0 Å². The third-order valence-corrected chi connectivity index (χ3v) is 4.21. The summed E-state index contributed by atoms with van der Waals surface area (Å²) in [6.07, 6.45) is 1.41. The lowest BCUT2D eigenvalue weighted by atomic mass is 9.91. The Morgan fingerprint density at radius 2 is 2.25 bits per heavy atom. The van der Waals surface area contributed by atoms with Crippen LogP contribution in [-0.4, -0.2) is 45.5 Å². The maximum absolute atomic E-state index is 11.1. The number of likely N-dealkylation sites (tertiary alicyclic amines) is 1. The van der Waals surface area contributed by atoms with Gasteiger partial charge in [0.2, 0.25) is 5.88 Å². The van der Waals surface area contributed by atoms with E-state index in [-0.39, 0.29) is 12.0 Å². The van der Waals surface area contributed by atoms with Gasteiger partial charge in [0, 0.05) is 19.6 Å². The molecule has 2 heterocycles. The van der Waals surface area contributed by atoms with Crippen LogP contribution in [0.3, 0.4) is 0 Å². The highest BCUT2D eigenvalue weighted by Crippen LogP contribution is 2.28. The Hall–Kier alpha value is -1.56. The fourth-order valence-corrected chi connectivity index (χ4v) is 3.00. The van der Waals surface area contributed by atoms with E-state index in [9.17, 15) is 4.79 Å². The second kappa shape index (κ2) is 5.83. The number of ether oxygens (including phenoxy) is 1. The zero-order valence-electron chi connectivity index (χ0n) is 12.6. The fourth-order valence-electron chi connectivity index (χ4n) is 3.00. The van der Waals surface area contributed by atoms with Crippen molar-refractivity contribution < 1.29 is 14.6 Å². The molecule has 2 rings (SSSR count). The van der Waals surface area contributed by atoms with Gasteiger partial charge >= 0.3 is 5.97 Å². The zero-order valence-corrected chi connectivity index (χ0v) is 12.6. The van der Waals surface area contributed by atoms with Crippen LogP contribution in [0.2, 0.25) is 0 Å². The van der Waals surface area contributed by atoms with E-state index in [0.717, 1.165) is 30.2 Å². The SMILES string of the molecule is COc1c(CN2CCC(C(=O)O)CC2C)c(C)nn1C. The Balaban J connectivity index is 2.10. The molecule has 0 radical (unpaired) electrons. The second-order valence-corrected chi connectivity index (χ2v) is 5.58. The third kappa shape index (κ3) is 2.80. The van der Waals surface area contributed by atoms with E-state index in [0.29, 0.717) is 12.8 Å². The average molecular weight is 281 g/mol. The first-order valence-electron chi connectivity index (χ1n) is 6.97. The highest BCUT2D eigenvalue weighted by Gasteiger charge is 2.30. The molecule has 1 aromatic rings. The number of carboxylic acid groups (broad SMARTS) is 1. The van der Waals surface area contributed by atoms with Crippen LogP contribution in [-0.2, 0) is 18.4 Å². The largest absolute Gasteiger partial charge is 0.481 e. The number of carboxylic acids is 1. The summed E-state index contributed by atoms with van der Waals surface area (Å²) in [5.74, 6) is -0.0974. The van der Waals surface area contributed by atoms with Gasteiger partial charge in [0.05, 0.1) is 24.3 Å². The standard InChI is InChI=1S/C14H23N3O3/c1-9-7-11(14(18)19)5-6-17(9)8-12-10(2)15-16(3)13(12)20-4/h9,11H,5-8H2,1-4H3,(H,18,19). The Bertz CT molecular complexity index is 498. The van der Waals surface area contributed by atoms with Crippen LogP contribution in [0.5, 0.6) is 5.88 Å². The minimum Gasteiger partial charge on any atom is -0.481 e. The van der Waals surface area contributed by atoms with Crippen molar-refractivity contribution in [1.29, 1.82) is 0 Å².